The zero-order chi connectivity index (χ0) is 15.9. The second-order valence-electron chi connectivity index (χ2n) is 5.87. The number of amides is 1. The predicted octanol–water partition coefficient (Wildman–Crippen LogP) is 3.06. The van der Waals surface area contributed by atoms with Gasteiger partial charge in [-0.15, -0.1) is 0 Å². The van der Waals surface area contributed by atoms with Crippen LogP contribution >= 0.6 is 0 Å². The maximum absolute atomic E-state index is 12.0. The van der Waals surface area contributed by atoms with E-state index < -0.39 is 0 Å². The zero-order valence-electron chi connectivity index (χ0n) is 13.5. The Morgan fingerprint density at radius 1 is 1.18 bits per heavy atom. The number of aryl methyl sites for hydroxylation is 1. The van der Waals surface area contributed by atoms with Crippen molar-refractivity contribution in [3.05, 3.63) is 48.0 Å². The summed E-state index contributed by atoms with van der Waals surface area (Å²) >= 11 is 0. The molecular formula is C17H24N4O. The number of carbonyl (C=O) groups is 1. The average molecular weight is 300 g/mol. The quantitative estimate of drug-likeness (QED) is 0.855. The summed E-state index contributed by atoms with van der Waals surface area (Å²) in [7, 11) is 0. The number of hydrogen-bond donors (Lipinski definition) is 1. The molecule has 118 valence electrons. The number of rotatable bonds is 7. The molecule has 0 fully saturated rings. The molecule has 1 heterocycles. The minimum atomic E-state index is 0.0279. The smallest absolute Gasteiger partial charge is 0.220 e. The molecule has 1 amide bonds. The molecule has 0 aliphatic heterocycles. The lowest BCUT2D eigenvalue weighted by Gasteiger charge is -2.15. The van der Waals surface area contributed by atoms with E-state index in [4.69, 9.17) is 0 Å². The lowest BCUT2D eigenvalue weighted by molar-refractivity contribution is -0.121. The van der Waals surface area contributed by atoms with Crippen LogP contribution in [-0.2, 0) is 11.3 Å². The lowest BCUT2D eigenvalue weighted by Crippen LogP contribution is -2.26. The Hall–Kier alpha value is -2.17. The van der Waals surface area contributed by atoms with E-state index >= 15 is 0 Å². The molecular weight excluding hydrogens is 276 g/mol. The molecule has 0 saturated carbocycles. The summed E-state index contributed by atoms with van der Waals surface area (Å²) in [4.78, 5) is 15.9. The van der Waals surface area contributed by atoms with E-state index in [0.717, 1.165) is 12.0 Å². The van der Waals surface area contributed by atoms with E-state index in [-0.39, 0.29) is 11.9 Å². The average Bonchev–Trinajstić information content (AvgIpc) is 3.00. The Balaban J connectivity index is 1.77. The van der Waals surface area contributed by atoms with Crippen LogP contribution in [0.4, 0.5) is 0 Å². The molecule has 0 saturated heterocycles. The molecule has 2 rings (SSSR count). The summed E-state index contributed by atoms with van der Waals surface area (Å²) in [6.45, 7) is 7.08. The molecule has 1 aromatic heterocycles. The van der Waals surface area contributed by atoms with Crippen LogP contribution in [0.3, 0.4) is 0 Å². The van der Waals surface area contributed by atoms with Gasteiger partial charge in [-0.2, -0.15) is 5.10 Å². The molecule has 22 heavy (non-hydrogen) atoms. The molecule has 0 aliphatic rings. The van der Waals surface area contributed by atoms with Crippen molar-refractivity contribution in [1.82, 2.24) is 20.1 Å². The van der Waals surface area contributed by atoms with E-state index in [9.17, 15) is 4.79 Å². The Morgan fingerprint density at radius 2 is 1.86 bits per heavy atom. The number of nitrogens with one attached hydrogen (secondary N) is 1. The maximum Gasteiger partial charge on any atom is 0.220 e. The molecule has 1 aromatic carbocycles. The van der Waals surface area contributed by atoms with E-state index in [1.807, 2.05) is 6.92 Å². The number of aromatic nitrogens is 3. The third-order valence-electron chi connectivity index (χ3n) is 3.74. The van der Waals surface area contributed by atoms with Gasteiger partial charge in [0.05, 0.1) is 6.04 Å². The number of carbonyl (C=O) groups excluding carboxylic acids is 1. The highest BCUT2D eigenvalue weighted by molar-refractivity contribution is 5.76. The molecule has 5 heteroatoms. The largest absolute Gasteiger partial charge is 0.350 e. The Morgan fingerprint density at radius 3 is 2.45 bits per heavy atom. The molecule has 0 spiro atoms. The highest BCUT2D eigenvalue weighted by atomic mass is 16.1. The summed E-state index contributed by atoms with van der Waals surface area (Å²) in [5.74, 6) is 0.594. The topological polar surface area (TPSA) is 59.8 Å². The number of benzene rings is 1. The van der Waals surface area contributed by atoms with Crippen molar-refractivity contribution in [2.24, 2.45) is 0 Å². The van der Waals surface area contributed by atoms with Crippen LogP contribution in [0.2, 0.25) is 0 Å². The minimum Gasteiger partial charge on any atom is -0.350 e. The van der Waals surface area contributed by atoms with Crippen LogP contribution in [-0.4, -0.2) is 20.7 Å². The normalized spacial score (nSPS) is 12.4. The third-order valence-corrected chi connectivity index (χ3v) is 3.74. The highest BCUT2D eigenvalue weighted by Gasteiger charge is 2.10. The van der Waals surface area contributed by atoms with Crippen molar-refractivity contribution in [3.8, 4) is 0 Å². The van der Waals surface area contributed by atoms with E-state index in [1.54, 1.807) is 11.0 Å². The molecule has 2 aromatic rings. The first kappa shape index (κ1) is 16.2. The van der Waals surface area contributed by atoms with Crippen LogP contribution in [0.25, 0.3) is 0 Å². The third kappa shape index (κ3) is 4.69. The first-order chi connectivity index (χ1) is 10.6. The second kappa shape index (κ2) is 7.73. The van der Waals surface area contributed by atoms with Crippen molar-refractivity contribution < 1.29 is 4.79 Å². The minimum absolute atomic E-state index is 0.0279. The second-order valence-corrected chi connectivity index (χ2v) is 5.87. The van der Waals surface area contributed by atoms with Gasteiger partial charge in [0.15, 0.2) is 0 Å². The molecule has 0 bridgehead atoms. The van der Waals surface area contributed by atoms with Crippen molar-refractivity contribution in [2.45, 2.75) is 52.1 Å². The van der Waals surface area contributed by atoms with Gasteiger partial charge in [-0.3, -0.25) is 9.48 Å². The van der Waals surface area contributed by atoms with Crippen LogP contribution in [0.5, 0.6) is 0 Å². The van der Waals surface area contributed by atoms with Gasteiger partial charge in [-0.1, -0.05) is 38.1 Å². The van der Waals surface area contributed by atoms with Crippen molar-refractivity contribution >= 4 is 5.91 Å². The summed E-state index contributed by atoms with van der Waals surface area (Å²) < 4.78 is 1.74. The first-order valence-electron chi connectivity index (χ1n) is 7.78. The first-order valence-corrected chi connectivity index (χ1v) is 7.78. The van der Waals surface area contributed by atoms with Crippen LogP contribution in [0.15, 0.2) is 36.9 Å². The highest BCUT2D eigenvalue weighted by Crippen LogP contribution is 2.18. The SMILES string of the molecule is CC(C)c1ccc(C(C)NC(=O)CCCn2cncn2)cc1. The molecule has 0 aliphatic carbocycles. The predicted molar refractivity (Wildman–Crippen MR) is 86.3 cm³/mol. The summed E-state index contributed by atoms with van der Waals surface area (Å²) in [6.07, 6.45) is 4.42. The zero-order valence-corrected chi connectivity index (χ0v) is 13.5. The Kier molecular flexibility index (Phi) is 5.69. The Labute approximate surface area is 131 Å². The van der Waals surface area contributed by atoms with Gasteiger partial charge in [0.25, 0.3) is 0 Å². The van der Waals surface area contributed by atoms with Gasteiger partial charge in [0, 0.05) is 13.0 Å². The van der Waals surface area contributed by atoms with Gasteiger partial charge < -0.3 is 5.32 Å². The van der Waals surface area contributed by atoms with Crippen LogP contribution in [0.1, 0.15) is 56.7 Å². The summed E-state index contributed by atoms with van der Waals surface area (Å²) in [6, 6.07) is 8.48. The fourth-order valence-corrected chi connectivity index (χ4v) is 2.32. The van der Waals surface area contributed by atoms with Crippen molar-refractivity contribution in [3.63, 3.8) is 0 Å². The molecule has 1 atom stereocenters. The van der Waals surface area contributed by atoms with Gasteiger partial charge in [-0.25, -0.2) is 4.98 Å². The lowest BCUT2D eigenvalue weighted by atomic mass is 9.99. The van der Waals surface area contributed by atoms with Crippen LogP contribution in [0, 0.1) is 0 Å². The van der Waals surface area contributed by atoms with Crippen LogP contribution < -0.4 is 5.32 Å². The standard InChI is InChI=1S/C17H24N4O/c1-13(2)15-6-8-16(9-7-15)14(3)20-17(22)5-4-10-21-12-18-11-19-21/h6-9,11-14H,4-5,10H2,1-3H3,(H,20,22). The Bertz CT molecular complexity index is 575. The summed E-state index contributed by atoms with van der Waals surface area (Å²) in [5.41, 5.74) is 2.45. The molecule has 0 radical (unpaired) electrons. The van der Waals surface area contributed by atoms with Gasteiger partial charge >= 0.3 is 0 Å². The fourth-order valence-electron chi connectivity index (χ4n) is 2.32. The molecule has 5 nitrogen and oxygen atoms in total. The number of nitrogens with zero attached hydrogens (tertiary/aromatic N) is 3. The summed E-state index contributed by atoms with van der Waals surface area (Å²) in [5, 5.41) is 7.06. The van der Waals surface area contributed by atoms with Gasteiger partial charge in [-0.05, 0) is 30.4 Å². The monoisotopic (exact) mass is 300 g/mol. The fraction of sp³-hybridized carbons (Fsp3) is 0.471. The molecule has 1 unspecified atom stereocenters. The number of hydrogen-bond acceptors (Lipinski definition) is 3. The van der Waals surface area contributed by atoms with Gasteiger partial charge in [0.1, 0.15) is 12.7 Å². The van der Waals surface area contributed by atoms with Gasteiger partial charge in [0.2, 0.25) is 5.91 Å². The van der Waals surface area contributed by atoms with Crippen molar-refractivity contribution in [2.75, 3.05) is 0 Å². The van der Waals surface area contributed by atoms with E-state index in [0.29, 0.717) is 18.9 Å². The molecule has 1 N–H and O–H groups in total. The van der Waals surface area contributed by atoms with E-state index in [1.165, 1.54) is 11.9 Å². The maximum atomic E-state index is 12.0. The van der Waals surface area contributed by atoms with E-state index in [2.05, 4.69) is 53.5 Å². The van der Waals surface area contributed by atoms with Crippen molar-refractivity contribution in [1.29, 1.82) is 0 Å².